The molecule has 0 radical (unpaired) electrons. The molecule has 0 atom stereocenters. The van der Waals surface area contributed by atoms with Crippen LogP contribution in [0.4, 0.5) is 5.69 Å². The zero-order valence-corrected chi connectivity index (χ0v) is 9.47. The molecule has 0 unspecified atom stereocenters. The Balaban J connectivity index is 2.27. The summed E-state index contributed by atoms with van der Waals surface area (Å²) in [7, 11) is 4.02. The Hall–Kier alpha value is -1.81. The first kappa shape index (κ1) is 10.7. The number of benzene rings is 1. The van der Waals surface area contributed by atoms with E-state index in [9.17, 15) is 0 Å². The van der Waals surface area contributed by atoms with Crippen molar-refractivity contribution in [1.29, 1.82) is 0 Å². The summed E-state index contributed by atoms with van der Waals surface area (Å²) in [5.74, 6) is 0.755. The molecule has 2 rings (SSSR count). The van der Waals surface area contributed by atoms with Gasteiger partial charge in [0.2, 0.25) is 0 Å². The molecule has 4 nitrogen and oxygen atoms in total. The van der Waals surface area contributed by atoms with Crippen molar-refractivity contribution < 1.29 is 4.52 Å². The van der Waals surface area contributed by atoms with E-state index in [-0.39, 0.29) is 0 Å². The van der Waals surface area contributed by atoms with Gasteiger partial charge in [0.1, 0.15) is 0 Å². The van der Waals surface area contributed by atoms with E-state index < -0.39 is 0 Å². The van der Waals surface area contributed by atoms with Crippen LogP contribution in [-0.4, -0.2) is 19.3 Å². The lowest BCUT2D eigenvalue weighted by molar-refractivity contribution is 0.424. The van der Waals surface area contributed by atoms with Crippen molar-refractivity contribution in [3.63, 3.8) is 0 Å². The zero-order valence-electron chi connectivity index (χ0n) is 9.47. The van der Waals surface area contributed by atoms with Gasteiger partial charge in [-0.25, -0.2) is 0 Å². The van der Waals surface area contributed by atoms with Gasteiger partial charge in [0.15, 0.2) is 5.76 Å². The number of rotatable bonds is 3. The molecule has 0 saturated carbocycles. The highest BCUT2D eigenvalue weighted by Crippen LogP contribution is 2.22. The Morgan fingerprint density at radius 1 is 1.25 bits per heavy atom. The Bertz CT molecular complexity index is 459. The van der Waals surface area contributed by atoms with Gasteiger partial charge in [0.25, 0.3) is 0 Å². The molecule has 0 aliphatic carbocycles. The monoisotopic (exact) mass is 217 g/mol. The number of hydrogen-bond acceptors (Lipinski definition) is 4. The van der Waals surface area contributed by atoms with Crippen molar-refractivity contribution >= 4 is 5.69 Å². The SMILES string of the molecule is CN(C)c1ccc(-c2cc(CN)no2)cc1. The smallest absolute Gasteiger partial charge is 0.167 e. The highest BCUT2D eigenvalue weighted by Gasteiger charge is 2.05. The lowest BCUT2D eigenvalue weighted by Crippen LogP contribution is -2.07. The minimum atomic E-state index is 0.402. The average molecular weight is 217 g/mol. The summed E-state index contributed by atoms with van der Waals surface area (Å²) in [5.41, 5.74) is 8.41. The highest BCUT2D eigenvalue weighted by molar-refractivity contribution is 5.61. The van der Waals surface area contributed by atoms with Crippen LogP contribution in [0.2, 0.25) is 0 Å². The molecular formula is C12H15N3O. The molecule has 1 aromatic heterocycles. The van der Waals surface area contributed by atoms with E-state index in [2.05, 4.69) is 10.1 Å². The fourth-order valence-electron chi connectivity index (χ4n) is 1.47. The molecule has 0 aliphatic heterocycles. The molecular weight excluding hydrogens is 202 g/mol. The first-order chi connectivity index (χ1) is 7.70. The third kappa shape index (κ3) is 2.06. The average Bonchev–Trinajstić information content (AvgIpc) is 2.77. The lowest BCUT2D eigenvalue weighted by Gasteiger charge is -2.11. The fourth-order valence-corrected chi connectivity index (χ4v) is 1.47. The molecule has 0 amide bonds. The second-order valence-corrected chi connectivity index (χ2v) is 3.83. The molecule has 4 heteroatoms. The van der Waals surface area contributed by atoms with Crippen LogP contribution in [0.3, 0.4) is 0 Å². The van der Waals surface area contributed by atoms with Crippen LogP contribution in [0.25, 0.3) is 11.3 Å². The second-order valence-electron chi connectivity index (χ2n) is 3.83. The first-order valence-corrected chi connectivity index (χ1v) is 5.14. The molecule has 2 aromatic rings. The van der Waals surface area contributed by atoms with Crippen LogP contribution < -0.4 is 10.6 Å². The predicted molar refractivity (Wildman–Crippen MR) is 64.2 cm³/mol. The Labute approximate surface area is 94.6 Å². The summed E-state index contributed by atoms with van der Waals surface area (Å²) in [4.78, 5) is 2.05. The fraction of sp³-hybridized carbons (Fsp3) is 0.250. The maximum Gasteiger partial charge on any atom is 0.167 e. The minimum Gasteiger partial charge on any atom is -0.378 e. The Kier molecular flexibility index (Phi) is 2.92. The van der Waals surface area contributed by atoms with Crippen molar-refractivity contribution in [2.75, 3.05) is 19.0 Å². The van der Waals surface area contributed by atoms with Gasteiger partial charge in [-0.1, -0.05) is 5.16 Å². The third-order valence-corrected chi connectivity index (χ3v) is 2.44. The molecule has 16 heavy (non-hydrogen) atoms. The van der Waals surface area contributed by atoms with E-state index in [1.54, 1.807) is 0 Å². The lowest BCUT2D eigenvalue weighted by atomic mass is 10.1. The molecule has 0 spiro atoms. The van der Waals surface area contributed by atoms with Crippen molar-refractivity contribution in [2.24, 2.45) is 5.73 Å². The molecule has 0 bridgehead atoms. The van der Waals surface area contributed by atoms with Gasteiger partial charge in [-0.15, -0.1) is 0 Å². The molecule has 0 saturated heterocycles. The minimum absolute atomic E-state index is 0.402. The van der Waals surface area contributed by atoms with Crippen LogP contribution in [0, 0.1) is 0 Å². The van der Waals surface area contributed by atoms with Crippen LogP contribution in [0.5, 0.6) is 0 Å². The normalized spacial score (nSPS) is 10.4. The van der Waals surface area contributed by atoms with Gasteiger partial charge in [0, 0.05) is 38.0 Å². The van der Waals surface area contributed by atoms with E-state index in [0.717, 1.165) is 22.7 Å². The highest BCUT2D eigenvalue weighted by atomic mass is 16.5. The van der Waals surface area contributed by atoms with Gasteiger partial charge in [-0.2, -0.15) is 0 Å². The van der Waals surface area contributed by atoms with E-state index in [1.165, 1.54) is 0 Å². The van der Waals surface area contributed by atoms with Gasteiger partial charge >= 0.3 is 0 Å². The Morgan fingerprint density at radius 3 is 2.44 bits per heavy atom. The first-order valence-electron chi connectivity index (χ1n) is 5.14. The van der Waals surface area contributed by atoms with Gasteiger partial charge < -0.3 is 15.2 Å². The number of hydrogen-bond donors (Lipinski definition) is 1. The topological polar surface area (TPSA) is 55.3 Å². The van der Waals surface area contributed by atoms with E-state index in [0.29, 0.717) is 6.54 Å². The van der Waals surface area contributed by atoms with Crippen LogP contribution in [0.15, 0.2) is 34.9 Å². The maximum absolute atomic E-state index is 5.48. The summed E-state index contributed by atoms with van der Waals surface area (Å²) >= 11 is 0. The molecule has 2 N–H and O–H groups in total. The second kappa shape index (κ2) is 4.37. The number of nitrogens with zero attached hydrogens (tertiary/aromatic N) is 2. The quantitative estimate of drug-likeness (QED) is 0.852. The van der Waals surface area contributed by atoms with Crippen LogP contribution in [0.1, 0.15) is 5.69 Å². The van der Waals surface area contributed by atoms with Gasteiger partial charge in [-0.05, 0) is 24.3 Å². The number of aromatic nitrogens is 1. The van der Waals surface area contributed by atoms with Crippen molar-refractivity contribution in [1.82, 2.24) is 5.16 Å². The Morgan fingerprint density at radius 2 is 1.94 bits per heavy atom. The molecule has 1 heterocycles. The van der Waals surface area contributed by atoms with E-state index in [4.69, 9.17) is 10.3 Å². The van der Waals surface area contributed by atoms with Crippen molar-refractivity contribution in [3.05, 3.63) is 36.0 Å². The third-order valence-electron chi connectivity index (χ3n) is 2.44. The van der Waals surface area contributed by atoms with Crippen molar-refractivity contribution in [2.45, 2.75) is 6.54 Å². The number of nitrogens with two attached hydrogens (primary N) is 1. The summed E-state index contributed by atoms with van der Waals surface area (Å²) in [6, 6.07) is 9.97. The standard InChI is InChI=1S/C12H15N3O/c1-15(2)11-5-3-9(4-6-11)12-7-10(8-13)14-16-12/h3-7H,8,13H2,1-2H3. The van der Waals surface area contributed by atoms with Gasteiger partial charge in [0.05, 0.1) is 5.69 Å². The summed E-state index contributed by atoms with van der Waals surface area (Å²) in [6.45, 7) is 0.402. The summed E-state index contributed by atoms with van der Waals surface area (Å²) in [6.07, 6.45) is 0. The maximum atomic E-state index is 5.48. The van der Waals surface area contributed by atoms with Crippen LogP contribution in [-0.2, 0) is 6.54 Å². The summed E-state index contributed by atoms with van der Waals surface area (Å²) < 4.78 is 5.20. The summed E-state index contributed by atoms with van der Waals surface area (Å²) in [5, 5.41) is 3.86. The molecule has 0 aliphatic rings. The molecule has 0 fully saturated rings. The molecule has 1 aromatic carbocycles. The van der Waals surface area contributed by atoms with E-state index >= 15 is 0 Å². The van der Waals surface area contributed by atoms with E-state index in [1.807, 2.05) is 44.4 Å². The van der Waals surface area contributed by atoms with Crippen LogP contribution >= 0.6 is 0 Å². The molecule has 84 valence electrons. The van der Waals surface area contributed by atoms with Crippen molar-refractivity contribution in [3.8, 4) is 11.3 Å². The zero-order chi connectivity index (χ0) is 11.5. The van der Waals surface area contributed by atoms with Gasteiger partial charge in [-0.3, -0.25) is 0 Å². The number of anilines is 1. The predicted octanol–water partition coefficient (Wildman–Crippen LogP) is 1.87. The largest absolute Gasteiger partial charge is 0.378 e.